The van der Waals surface area contributed by atoms with Crippen LogP contribution in [-0.4, -0.2) is 52.6 Å². The van der Waals surface area contributed by atoms with Gasteiger partial charge in [-0.2, -0.15) is 0 Å². The van der Waals surface area contributed by atoms with Crippen molar-refractivity contribution >= 4 is 50.1 Å². The number of benzene rings is 4. The number of nitrogens with one attached hydrogen (secondary N) is 2. The third-order valence-electron chi connectivity index (χ3n) is 9.13. The highest BCUT2D eigenvalue weighted by molar-refractivity contribution is 6.06. The number of rotatable bonds is 4. The van der Waals surface area contributed by atoms with Crippen LogP contribution in [0.4, 0.5) is 0 Å². The van der Waals surface area contributed by atoms with Crippen LogP contribution in [0.1, 0.15) is 13.8 Å². The summed E-state index contributed by atoms with van der Waals surface area (Å²) in [6, 6.07) is 29.6. The van der Waals surface area contributed by atoms with E-state index in [0.717, 1.165) is 49.6 Å². The maximum absolute atomic E-state index is 11.8. The molecular weight excluding hydrogens is 616 g/mol. The van der Waals surface area contributed by atoms with Crippen LogP contribution >= 0.6 is 0 Å². The Kier molecular flexibility index (Phi) is 6.16. The molecule has 0 saturated heterocycles. The highest BCUT2D eigenvalue weighted by atomic mass is 16.5. The van der Waals surface area contributed by atoms with Gasteiger partial charge in [-0.3, -0.25) is 4.79 Å². The van der Waals surface area contributed by atoms with Crippen LogP contribution in [0.2, 0.25) is 0 Å². The van der Waals surface area contributed by atoms with Crippen LogP contribution in [0.3, 0.4) is 0 Å². The van der Waals surface area contributed by atoms with Gasteiger partial charge in [-0.1, -0.05) is 64.6 Å². The molecular formula is C38H29N8O3+. The van der Waals surface area contributed by atoms with E-state index in [1.165, 1.54) is 0 Å². The van der Waals surface area contributed by atoms with Gasteiger partial charge < -0.3 is 19.8 Å². The van der Waals surface area contributed by atoms with Crippen LogP contribution in [0, 0.1) is 5.41 Å². The Bertz CT molecular complexity index is 2710. The molecule has 0 unspecified atom stereocenters. The second-order valence-electron chi connectivity index (χ2n) is 12.9. The van der Waals surface area contributed by atoms with Gasteiger partial charge in [0.2, 0.25) is 11.3 Å². The second kappa shape index (κ2) is 10.5. The van der Waals surface area contributed by atoms with E-state index in [0.29, 0.717) is 45.8 Å². The summed E-state index contributed by atoms with van der Waals surface area (Å²) in [5.41, 5.74) is 5.02. The molecule has 3 N–H and O–H groups in total. The van der Waals surface area contributed by atoms with E-state index in [1.54, 1.807) is 13.8 Å². The number of carboxylic acids is 1. The van der Waals surface area contributed by atoms with Crippen LogP contribution < -0.4 is 9.30 Å². The number of hydrogen-bond acceptors (Lipinski definition) is 7. The van der Waals surface area contributed by atoms with Gasteiger partial charge in [0.1, 0.15) is 23.7 Å². The van der Waals surface area contributed by atoms with E-state index in [9.17, 15) is 9.90 Å². The van der Waals surface area contributed by atoms with Gasteiger partial charge in [-0.05, 0) is 50.2 Å². The van der Waals surface area contributed by atoms with Crippen molar-refractivity contribution in [3.8, 4) is 51.3 Å². The molecule has 0 radical (unpaired) electrons. The van der Waals surface area contributed by atoms with Crippen LogP contribution in [0.5, 0.6) is 5.75 Å². The molecule has 0 amide bonds. The molecule has 0 aliphatic carbocycles. The molecule has 3 aromatic heterocycles. The summed E-state index contributed by atoms with van der Waals surface area (Å²) < 4.78 is 8.01. The first-order valence-corrected chi connectivity index (χ1v) is 15.9. The fraction of sp³-hybridized carbons (Fsp3) is 0.132. The first kappa shape index (κ1) is 28.7. The zero-order valence-electron chi connectivity index (χ0n) is 26.8. The molecule has 8 bridgehead atoms. The molecule has 7 aromatic rings. The Morgan fingerprint density at radius 2 is 1.12 bits per heavy atom. The predicted octanol–water partition coefficient (Wildman–Crippen LogP) is 6.79. The average molecular weight is 646 g/mol. The maximum atomic E-state index is 11.8. The average Bonchev–Trinajstić information content (AvgIpc) is 3.82. The minimum atomic E-state index is -1.06. The Labute approximate surface area is 279 Å². The summed E-state index contributed by atoms with van der Waals surface area (Å²) in [5.74, 6) is 2.09. The van der Waals surface area contributed by atoms with Crippen molar-refractivity contribution in [2.24, 2.45) is 12.5 Å². The van der Waals surface area contributed by atoms with Crippen molar-refractivity contribution in [2.75, 3.05) is 6.61 Å². The molecule has 2 aliphatic heterocycles. The van der Waals surface area contributed by atoms with E-state index in [1.807, 2.05) is 103 Å². The normalized spacial score (nSPS) is 12.2. The smallest absolute Gasteiger partial charge is 0.312 e. The predicted molar refractivity (Wildman–Crippen MR) is 186 cm³/mol. The Morgan fingerprint density at radius 1 is 0.653 bits per heavy atom. The van der Waals surface area contributed by atoms with E-state index in [4.69, 9.17) is 29.7 Å². The highest BCUT2D eigenvalue weighted by Gasteiger charge is 2.30. The lowest BCUT2D eigenvalue weighted by Crippen LogP contribution is -2.30. The summed E-state index contributed by atoms with van der Waals surface area (Å²) in [6.07, 6.45) is 0. The molecule has 0 atom stereocenters. The summed E-state index contributed by atoms with van der Waals surface area (Å²) in [4.78, 5) is 44.2. The Hall–Kier alpha value is -6.49. The zero-order chi connectivity index (χ0) is 33.4. The van der Waals surface area contributed by atoms with E-state index in [2.05, 4.69) is 9.97 Å². The van der Waals surface area contributed by atoms with Crippen molar-refractivity contribution < 1.29 is 19.2 Å². The largest absolute Gasteiger partial charge is 0.492 e. The van der Waals surface area contributed by atoms with Crippen molar-refractivity contribution in [2.45, 2.75) is 13.8 Å². The van der Waals surface area contributed by atoms with Gasteiger partial charge in [0.05, 0.1) is 23.6 Å². The standard InChI is InChI=1S/C38H28N8O3/c1-38(2,37(47)48)19-49-20-16-17-25-28(18-20)34-43-32(25)41-30-22-11-5-4-10-21(22)29(39-30)40-31-23-12-6-7-13-24(23)33(42-31)44-35-26-14-8-9-15-27(26)36(45-34)46(35)3/h4-18H,19H2,1-3H3,(H2,39,40,41,42,43,44,45,47,48)/p+1. The fourth-order valence-corrected chi connectivity index (χ4v) is 6.38. The Balaban J connectivity index is 1.41. The van der Waals surface area contributed by atoms with Gasteiger partial charge >= 0.3 is 5.97 Å². The number of hydrogen-bond donors (Lipinski definition) is 3. The quantitative estimate of drug-likeness (QED) is 0.177. The first-order valence-electron chi connectivity index (χ1n) is 15.9. The number of ether oxygens (including phenoxy) is 1. The maximum Gasteiger partial charge on any atom is 0.312 e. The van der Waals surface area contributed by atoms with Gasteiger partial charge in [-0.15, -0.1) is 0 Å². The van der Waals surface area contributed by atoms with Crippen molar-refractivity contribution in [1.82, 2.24) is 34.9 Å². The number of H-pyrrole nitrogens is 2. The topological polar surface area (TPSA) is 146 Å². The molecule has 0 spiro atoms. The number of aromatic nitrogens is 8. The molecule has 238 valence electrons. The van der Waals surface area contributed by atoms with Crippen LogP contribution in [0.15, 0.2) is 91.0 Å². The lowest BCUT2D eigenvalue weighted by molar-refractivity contribution is -0.650. The minimum absolute atomic E-state index is 0.0000116. The third-order valence-corrected chi connectivity index (χ3v) is 9.13. The number of aliphatic carboxylic acids is 1. The summed E-state index contributed by atoms with van der Waals surface area (Å²) >= 11 is 0. The molecule has 49 heavy (non-hydrogen) atoms. The Morgan fingerprint density at radius 3 is 1.67 bits per heavy atom. The highest BCUT2D eigenvalue weighted by Crippen LogP contribution is 2.36. The molecule has 0 saturated carbocycles. The van der Waals surface area contributed by atoms with Crippen molar-refractivity contribution in [3.05, 3.63) is 91.0 Å². The molecule has 2 aliphatic rings. The molecule has 9 rings (SSSR count). The van der Waals surface area contributed by atoms with E-state index in [-0.39, 0.29) is 6.61 Å². The van der Waals surface area contributed by atoms with Gasteiger partial charge in [0.15, 0.2) is 11.6 Å². The molecule has 11 nitrogen and oxygen atoms in total. The zero-order valence-corrected chi connectivity index (χ0v) is 26.8. The number of nitrogens with zero attached hydrogens (tertiary/aromatic N) is 6. The summed E-state index contributed by atoms with van der Waals surface area (Å²) in [7, 11) is 1.96. The minimum Gasteiger partial charge on any atom is -0.492 e. The van der Waals surface area contributed by atoms with Gasteiger partial charge in [-0.25, -0.2) is 19.5 Å². The SMILES string of the molecule is C[n+]1c2nc3[nH]c(nc4nc(nc5[nH]c(nc1-c1ccccc1-2)c1cc(OCC(C)(C)C(=O)O)ccc51)-c1ccccc1-4)c1ccccc31. The monoisotopic (exact) mass is 645 g/mol. The van der Waals surface area contributed by atoms with E-state index < -0.39 is 11.4 Å². The molecule has 0 fully saturated rings. The van der Waals surface area contributed by atoms with Crippen LogP contribution in [0.25, 0.3) is 89.7 Å². The first-order chi connectivity index (χ1) is 23.7. The second-order valence-corrected chi connectivity index (χ2v) is 12.9. The van der Waals surface area contributed by atoms with Gasteiger partial charge in [0, 0.05) is 32.7 Å². The summed E-state index contributed by atoms with van der Waals surface area (Å²) in [5, 5.41) is 13.1. The van der Waals surface area contributed by atoms with E-state index >= 15 is 0 Å². The molecule has 5 heterocycles. The summed E-state index contributed by atoms with van der Waals surface area (Å²) in [6.45, 7) is 3.27. The fourth-order valence-electron chi connectivity index (χ4n) is 6.38. The number of aromatic amines is 2. The third kappa shape index (κ3) is 4.54. The van der Waals surface area contributed by atoms with Gasteiger partial charge in [0.25, 0.3) is 11.6 Å². The number of carbonyl (C=O) groups is 1. The molecule has 11 heteroatoms. The number of fused-ring (bicyclic) bond motifs is 20. The lowest BCUT2D eigenvalue weighted by Gasteiger charge is -2.19. The van der Waals surface area contributed by atoms with Crippen LogP contribution in [-0.2, 0) is 11.8 Å². The molecule has 4 aromatic carbocycles. The lowest BCUT2D eigenvalue weighted by atomic mass is 9.95. The van der Waals surface area contributed by atoms with Crippen molar-refractivity contribution in [3.63, 3.8) is 0 Å². The van der Waals surface area contributed by atoms with Crippen molar-refractivity contribution in [1.29, 1.82) is 0 Å². The number of carboxylic acid groups (broad SMARTS) is 1.